The van der Waals surface area contributed by atoms with Gasteiger partial charge in [0.05, 0.1) is 4.11 Å². The van der Waals surface area contributed by atoms with E-state index in [0.29, 0.717) is 0 Å². The number of hydrogen-bond acceptors (Lipinski definition) is 2. The van der Waals surface area contributed by atoms with Gasteiger partial charge in [-0.3, -0.25) is 0 Å². The minimum Gasteiger partial charge on any atom is -0.423 e. The van der Waals surface area contributed by atoms with E-state index in [1.54, 1.807) is 0 Å². The lowest BCUT2D eigenvalue weighted by atomic mass is 9.81. The molecule has 58 valence electrons. The van der Waals surface area contributed by atoms with Gasteiger partial charge < -0.3 is 10.0 Å². The summed E-state index contributed by atoms with van der Waals surface area (Å²) in [5.74, 6) is 0. The summed E-state index contributed by atoms with van der Waals surface area (Å²) in [5, 5.41) is 17.9. The lowest BCUT2D eigenvalue weighted by Gasteiger charge is -2.00. The molecule has 0 aliphatic rings. The van der Waals surface area contributed by atoms with E-state index in [1.165, 1.54) is 0 Å². The Morgan fingerprint density at radius 1 is 1.18 bits per heavy atom. The molecular formula is C6H5BBr2O2. The molecule has 0 aliphatic carbocycles. The first-order chi connectivity index (χ1) is 6.37. The summed E-state index contributed by atoms with van der Waals surface area (Å²) >= 11 is 5.95. The summed E-state index contributed by atoms with van der Waals surface area (Å²) < 4.78 is 22.7. The van der Waals surface area contributed by atoms with E-state index in [1.807, 2.05) is 0 Å². The van der Waals surface area contributed by atoms with Crippen molar-refractivity contribution in [3.63, 3.8) is 0 Å². The molecule has 1 aromatic carbocycles. The fraction of sp³-hybridized carbons (Fsp3) is 0. The second-order valence-electron chi connectivity index (χ2n) is 1.79. The largest absolute Gasteiger partial charge is 0.488 e. The van der Waals surface area contributed by atoms with Crippen LogP contribution in [0.4, 0.5) is 0 Å². The topological polar surface area (TPSA) is 40.5 Å². The van der Waals surface area contributed by atoms with Crippen molar-refractivity contribution < 1.29 is 14.2 Å². The molecule has 0 unspecified atom stereocenters. The second kappa shape index (κ2) is 3.71. The average Bonchev–Trinajstić information content (AvgIpc) is 2.11. The van der Waals surface area contributed by atoms with E-state index in [0.717, 1.165) is 0 Å². The summed E-state index contributed by atoms with van der Waals surface area (Å²) in [6, 6.07) is -0.555. The van der Waals surface area contributed by atoms with Gasteiger partial charge in [0.1, 0.15) is 0 Å². The highest BCUT2D eigenvalue weighted by Crippen LogP contribution is 2.15. The third-order valence-electron chi connectivity index (χ3n) is 0.967. The average molecular weight is 283 g/mol. The summed E-state index contributed by atoms with van der Waals surface area (Å²) in [6.07, 6.45) is 0. The summed E-state index contributed by atoms with van der Waals surface area (Å²) in [4.78, 5) is 0. The van der Waals surface area contributed by atoms with Gasteiger partial charge in [-0.2, -0.15) is 0 Å². The van der Waals surface area contributed by atoms with Crippen molar-refractivity contribution in [2.45, 2.75) is 0 Å². The zero-order chi connectivity index (χ0) is 11.0. The Bertz CT molecular complexity index is 357. The molecule has 11 heavy (non-hydrogen) atoms. The Hall–Kier alpha value is 0.165. The number of halogens is 2. The standard InChI is InChI=1S/C6H5BBr2O2/c8-5-1-4(7(10)11)2-6(9)3-5/h1-3,10-11H/i1D,2D,3D. The molecule has 0 atom stereocenters. The highest BCUT2D eigenvalue weighted by atomic mass is 79.9. The van der Waals surface area contributed by atoms with Crippen molar-refractivity contribution in [1.82, 2.24) is 0 Å². The van der Waals surface area contributed by atoms with E-state index >= 15 is 0 Å². The SMILES string of the molecule is [2H]c1c(Br)c([2H])c(B(O)O)c([2H])c1Br. The van der Waals surface area contributed by atoms with Crippen LogP contribution in [0, 0.1) is 0 Å². The number of rotatable bonds is 1. The quantitative estimate of drug-likeness (QED) is 0.751. The molecule has 0 spiro atoms. The van der Waals surface area contributed by atoms with Crippen LogP contribution >= 0.6 is 31.9 Å². The Morgan fingerprint density at radius 3 is 2.00 bits per heavy atom. The van der Waals surface area contributed by atoms with Crippen LogP contribution in [0.1, 0.15) is 4.11 Å². The first kappa shape index (κ1) is 5.75. The predicted octanol–water partition coefficient (Wildman–Crippen LogP) is 0.891. The molecular weight excluding hydrogens is 275 g/mol. The Labute approximate surface area is 85.9 Å². The van der Waals surface area contributed by atoms with Gasteiger partial charge in [0.25, 0.3) is 0 Å². The van der Waals surface area contributed by atoms with E-state index in [9.17, 15) is 0 Å². The van der Waals surface area contributed by atoms with Crippen LogP contribution in [-0.2, 0) is 0 Å². The van der Waals surface area contributed by atoms with Crippen LogP contribution in [-0.4, -0.2) is 17.2 Å². The normalized spacial score (nSPS) is 13.6. The first-order valence-corrected chi connectivity index (χ1v) is 4.27. The molecule has 0 bridgehead atoms. The zero-order valence-electron chi connectivity index (χ0n) is 8.23. The maximum Gasteiger partial charge on any atom is 0.488 e. The van der Waals surface area contributed by atoms with E-state index in [4.69, 9.17) is 14.2 Å². The van der Waals surface area contributed by atoms with Gasteiger partial charge in [0.2, 0.25) is 0 Å². The van der Waals surface area contributed by atoms with Crippen LogP contribution < -0.4 is 5.46 Å². The molecule has 0 radical (unpaired) electrons. The Morgan fingerprint density at radius 2 is 1.64 bits per heavy atom. The van der Waals surface area contributed by atoms with Crippen LogP contribution in [0.3, 0.4) is 0 Å². The van der Waals surface area contributed by atoms with E-state index in [-0.39, 0.29) is 32.5 Å². The molecule has 5 heteroatoms. The van der Waals surface area contributed by atoms with Crippen molar-refractivity contribution in [1.29, 1.82) is 0 Å². The van der Waals surface area contributed by atoms with Crippen LogP contribution in [0.5, 0.6) is 0 Å². The van der Waals surface area contributed by atoms with Crippen molar-refractivity contribution in [3.05, 3.63) is 27.1 Å². The third kappa shape index (κ3) is 2.59. The first-order valence-electron chi connectivity index (χ1n) is 4.18. The summed E-state index contributed by atoms with van der Waals surface area (Å²) in [5.41, 5.74) is -0.222. The summed E-state index contributed by atoms with van der Waals surface area (Å²) in [6.45, 7) is 0. The van der Waals surface area contributed by atoms with Crippen molar-refractivity contribution in [2.24, 2.45) is 0 Å². The van der Waals surface area contributed by atoms with Gasteiger partial charge in [-0.25, -0.2) is 0 Å². The Kier molecular flexibility index (Phi) is 1.94. The van der Waals surface area contributed by atoms with Crippen molar-refractivity contribution >= 4 is 44.4 Å². The lowest BCUT2D eigenvalue weighted by molar-refractivity contribution is 0.425. The van der Waals surface area contributed by atoms with Crippen LogP contribution in [0.15, 0.2) is 27.1 Å². The maximum atomic E-state index is 8.94. The molecule has 0 saturated heterocycles. The van der Waals surface area contributed by atoms with Gasteiger partial charge >= 0.3 is 7.12 Å². The molecule has 0 saturated carbocycles. The molecule has 2 N–H and O–H groups in total. The molecule has 1 aromatic rings. The number of hydrogen-bond donors (Lipinski definition) is 2. The van der Waals surface area contributed by atoms with Crippen LogP contribution in [0.25, 0.3) is 0 Å². The molecule has 0 aromatic heterocycles. The fourth-order valence-corrected chi connectivity index (χ4v) is 1.65. The monoisotopic (exact) mass is 281 g/mol. The zero-order valence-corrected chi connectivity index (χ0v) is 8.40. The fourth-order valence-electron chi connectivity index (χ4n) is 0.556. The van der Waals surface area contributed by atoms with Crippen molar-refractivity contribution in [2.75, 3.05) is 0 Å². The van der Waals surface area contributed by atoms with Gasteiger partial charge in [-0.05, 0) is 23.6 Å². The van der Waals surface area contributed by atoms with Gasteiger partial charge in [0.15, 0.2) is 0 Å². The molecule has 0 fully saturated rings. The minimum atomic E-state index is -1.89. The van der Waals surface area contributed by atoms with Gasteiger partial charge in [0, 0.05) is 8.95 Å². The lowest BCUT2D eigenvalue weighted by Crippen LogP contribution is -2.29. The minimum absolute atomic E-state index is 0.0515. The van der Waals surface area contributed by atoms with Gasteiger partial charge in [-0.15, -0.1) is 0 Å². The van der Waals surface area contributed by atoms with E-state index < -0.39 is 7.12 Å². The molecule has 0 amide bonds. The smallest absolute Gasteiger partial charge is 0.423 e. The maximum absolute atomic E-state index is 8.94. The highest BCUT2D eigenvalue weighted by molar-refractivity contribution is 9.11. The van der Waals surface area contributed by atoms with E-state index in [2.05, 4.69) is 31.9 Å². The highest BCUT2D eigenvalue weighted by Gasteiger charge is 2.11. The third-order valence-corrected chi connectivity index (χ3v) is 1.76. The van der Waals surface area contributed by atoms with Gasteiger partial charge in [-0.1, -0.05) is 31.9 Å². The second-order valence-corrected chi connectivity index (χ2v) is 3.38. The molecule has 0 heterocycles. The summed E-state index contributed by atoms with van der Waals surface area (Å²) in [7, 11) is -1.89. The molecule has 0 aliphatic heterocycles. The number of benzene rings is 1. The van der Waals surface area contributed by atoms with Crippen molar-refractivity contribution in [3.8, 4) is 0 Å². The Balaban J connectivity index is 3.60. The molecule has 1 rings (SSSR count). The van der Waals surface area contributed by atoms with Crippen LogP contribution in [0.2, 0.25) is 0 Å². The predicted molar refractivity (Wildman–Crippen MR) is 51.7 cm³/mol. The molecule has 2 nitrogen and oxygen atoms in total.